The first-order valence-corrected chi connectivity index (χ1v) is 6.16. The van der Waals surface area contributed by atoms with Crippen LogP contribution in [0.25, 0.3) is 0 Å². The molecular weight excluding hydrogens is 298 g/mol. The van der Waals surface area contributed by atoms with Gasteiger partial charge in [-0.3, -0.25) is 0 Å². The number of nitrogens with two attached hydrogens (primary N) is 1. The van der Waals surface area contributed by atoms with Crippen molar-refractivity contribution < 1.29 is 13.9 Å². The summed E-state index contributed by atoms with van der Waals surface area (Å²) >= 11 is 3.33. The molecule has 1 heterocycles. The first-order chi connectivity index (χ1) is 8.65. The fraction of sp³-hybridized carbons (Fsp3) is 0.231. The Morgan fingerprint density at radius 1 is 1.17 bits per heavy atom. The summed E-state index contributed by atoms with van der Waals surface area (Å²) in [7, 11) is 3.22. The largest absolute Gasteiger partial charge is 0.497 e. The summed E-state index contributed by atoms with van der Waals surface area (Å²) < 4.78 is 16.3. The van der Waals surface area contributed by atoms with Gasteiger partial charge in [0.25, 0.3) is 0 Å². The molecule has 0 fully saturated rings. The van der Waals surface area contributed by atoms with E-state index in [0.717, 1.165) is 11.1 Å². The highest BCUT2D eigenvalue weighted by Crippen LogP contribution is 2.32. The Bertz CT molecular complexity index is 517. The Hall–Kier alpha value is -1.46. The highest BCUT2D eigenvalue weighted by molar-refractivity contribution is 9.10. The van der Waals surface area contributed by atoms with E-state index in [0.29, 0.717) is 16.2 Å². The minimum Gasteiger partial charge on any atom is -0.497 e. The average Bonchev–Trinajstić information content (AvgIpc) is 2.83. The Labute approximate surface area is 114 Å². The molecule has 96 valence electrons. The van der Waals surface area contributed by atoms with Crippen LogP contribution in [0.5, 0.6) is 11.5 Å². The van der Waals surface area contributed by atoms with Gasteiger partial charge in [0.1, 0.15) is 11.5 Å². The van der Waals surface area contributed by atoms with Crippen molar-refractivity contribution in [3.63, 3.8) is 0 Å². The Kier molecular flexibility index (Phi) is 3.93. The molecule has 0 aliphatic rings. The van der Waals surface area contributed by atoms with Gasteiger partial charge in [0.2, 0.25) is 0 Å². The molecule has 1 unspecified atom stereocenters. The van der Waals surface area contributed by atoms with Gasteiger partial charge in [-0.15, -0.1) is 0 Å². The van der Waals surface area contributed by atoms with E-state index in [1.54, 1.807) is 26.5 Å². The molecule has 0 aliphatic carbocycles. The quantitative estimate of drug-likeness (QED) is 0.942. The SMILES string of the molecule is COc1cc(OC)cc(C(N)c2ccoc2Br)c1. The number of ether oxygens (including phenoxy) is 2. The second-order valence-electron chi connectivity index (χ2n) is 3.77. The van der Waals surface area contributed by atoms with Gasteiger partial charge in [-0.1, -0.05) is 0 Å². The van der Waals surface area contributed by atoms with E-state index in [1.165, 1.54) is 0 Å². The third-order valence-electron chi connectivity index (χ3n) is 2.71. The topological polar surface area (TPSA) is 57.6 Å². The van der Waals surface area contributed by atoms with Crippen LogP contribution in [0, 0.1) is 0 Å². The summed E-state index contributed by atoms with van der Waals surface area (Å²) in [4.78, 5) is 0. The summed E-state index contributed by atoms with van der Waals surface area (Å²) in [6, 6.07) is 7.10. The molecule has 1 aromatic carbocycles. The summed E-state index contributed by atoms with van der Waals surface area (Å²) in [6.45, 7) is 0. The number of rotatable bonds is 4. The van der Waals surface area contributed by atoms with Crippen LogP contribution < -0.4 is 15.2 Å². The van der Waals surface area contributed by atoms with Gasteiger partial charge in [-0.2, -0.15) is 0 Å². The molecule has 2 rings (SSSR count). The number of halogens is 1. The van der Waals surface area contributed by atoms with Crippen LogP contribution in [0.3, 0.4) is 0 Å². The van der Waals surface area contributed by atoms with Gasteiger partial charge in [0.15, 0.2) is 4.67 Å². The van der Waals surface area contributed by atoms with Crippen LogP contribution in [0.15, 0.2) is 39.6 Å². The predicted molar refractivity (Wildman–Crippen MR) is 72.0 cm³/mol. The maximum Gasteiger partial charge on any atom is 0.174 e. The lowest BCUT2D eigenvalue weighted by Gasteiger charge is -2.14. The van der Waals surface area contributed by atoms with Gasteiger partial charge < -0.3 is 19.6 Å². The van der Waals surface area contributed by atoms with E-state index >= 15 is 0 Å². The number of methoxy groups -OCH3 is 2. The van der Waals surface area contributed by atoms with Crippen LogP contribution in [0.2, 0.25) is 0 Å². The van der Waals surface area contributed by atoms with Crippen molar-refractivity contribution >= 4 is 15.9 Å². The van der Waals surface area contributed by atoms with E-state index in [2.05, 4.69) is 15.9 Å². The fourth-order valence-electron chi connectivity index (χ4n) is 1.72. The summed E-state index contributed by atoms with van der Waals surface area (Å²) in [5.41, 5.74) is 7.98. The zero-order valence-corrected chi connectivity index (χ0v) is 11.7. The van der Waals surface area contributed by atoms with Crippen molar-refractivity contribution in [3.8, 4) is 11.5 Å². The molecule has 1 aromatic heterocycles. The molecule has 0 bridgehead atoms. The molecule has 2 N–H and O–H groups in total. The molecule has 1 atom stereocenters. The lowest BCUT2D eigenvalue weighted by molar-refractivity contribution is 0.393. The molecule has 0 spiro atoms. The fourth-order valence-corrected chi connectivity index (χ4v) is 2.20. The third kappa shape index (κ3) is 2.52. The zero-order valence-electron chi connectivity index (χ0n) is 10.1. The molecule has 18 heavy (non-hydrogen) atoms. The summed E-state index contributed by atoms with van der Waals surface area (Å²) in [6.07, 6.45) is 1.59. The van der Waals surface area contributed by atoms with E-state index in [9.17, 15) is 0 Å². The average molecular weight is 312 g/mol. The molecule has 0 amide bonds. The minimum absolute atomic E-state index is 0.304. The third-order valence-corrected chi connectivity index (χ3v) is 3.36. The van der Waals surface area contributed by atoms with Crippen LogP contribution in [-0.4, -0.2) is 14.2 Å². The van der Waals surface area contributed by atoms with Gasteiger partial charge in [-0.25, -0.2) is 0 Å². The molecule has 0 saturated carbocycles. The Balaban J connectivity index is 2.41. The van der Waals surface area contributed by atoms with Crippen LogP contribution in [0.1, 0.15) is 17.2 Å². The highest BCUT2D eigenvalue weighted by atomic mass is 79.9. The van der Waals surface area contributed by atoms with Gasteiger partial charge in [0, 0.05) is 11.6 Å². The molecule has 0 radical (unpaired) electrons. The predicted octanol–water partition coefficient (Wildman–Crippen LogP) is 3.11. The van der Waals surface area contributed by atoms with Crippen molar-refractivity contribution in [1.29, 1.82) is 0 Å². The monoisotopic (exact) mass is 311 g/mol. The number of furan rings is 1. The lowest BCUT2D eigenvalue weighted by atomic mass is 10.0. The molecule has 4 nitrogen and oxygen atoms in total. The Morgan fingerprint density at radius 2 is 1.78 bits per heavy atom. The molecule has 5 heteroatoms. The van der Waals surface area contributed by atoms with Gasteiger partial charge in [0.05, 0.1) is 26.5 Å². The van der Waals surface area contributed by atoms with Crippen molar-refractivity contribution in [1.82, 2.24) is 0 Å². The highest BCUT2D eigenvalue weighted by Gasteiger charge is 2.16. The van der Waals surface area contributed by atoms with Crippen molar-refractivity contribution in [2.45, 2.75) is 6.04 Å². The molecular formula is C13H14BrNO3. The second kappa shape index (κ2) is 5.46. The number of hydrogen-bond donors (Lipinski definition) is 1. The van der Waals surface area contributed by atoms with Crippen LogP contribution in [-0.2, 0) is 0 Å². The number of benzene rings is 1. The zero-order chi connectivity index (χ0) is 13.1. The first-order valence-electron chi connectivity index (χ1n) is 5.37. The summed E-state index contributed by atoms with van der Waals surface area (Å²) in [5.74, 6) is 1.42. The van der Waals surface area contributed by atoms with Crippen LogP contribution >= 0.6 is 15.9 Å². The molecule has 0 aliphatic heterocycles. The number of hydrogen-bond acceptors (Lipinski definition) is 4. The minimum atomic E-state index is -0.304. The molecule has 0 saturated heterocycles. The van der Waals surface area contributed by atoms with Crippen LogP contribution in [0.4, 0.5) is 0 Å². The van der Waals surface area contributed by atoms with Crippen molar-refractivity contribution in [3.05, 3.63) is 46.3 Å². The van der Waals surface area contributed by atoms with E-state index in [-0.39, 0.29) is 6.04 Å². The maximum absolute atomic E-state index is 6.21. The standard InChI is InChI=1S/C13H14BrNO3/c1-16-9-5-8(6-10(7-9)17-2)12(15)11-3-4-18-13(11)14/h3-7,12H,15H2,1-2H3. The lowest BCUT2D eigenvalue weighted by Crippen LogP contribution is -2.11. The van der Waals surface area contributed by atoms with E-state index < -0.39 is 0 Å². The normalized spacial score (nSPS) is 12.2. The first kappa shape index (κ1) is 13.0. The van der Waals surface area contributed by atoms with Crippen molar-refractivity contribution in [2.24, 2.45) is 5.73 Å². The smallest absolute Gasteiger partial charge is 0.174 e. The van der Waals surface area contributed by atoms with E-state index in [1.807, 2.05) is 18.2 Å². The Morgan fingerprint density at radius 3 is 2.22 bits per heavy atom. The summed E-state index contributed by atoms with van der Waals surface area (Å²) in [5, 5.41) is 0. The molecule has 2 aromatic rings. The van der Waals surface area contributed by atoms with E-state index in [4.69, 9.17) is 19.6 Å². The van der Waals surface area contributed by atoms with Crippen molar-refractivity contribution in [2.75, 3.05) is 14.2 Å². The van der Waals surface area contributed by atoms with Gasteiger partial charge in [-0.05, 0) is 39.7 Å². The second-order valence-corrected chi connectivity index (χ2v) is 4.49. The maximum atomic E-state index is 6.21. The van der Waals surface area contributed by atoms with Gasteiger partial charge >= 0.3 is 0 Å².